The Morgan fingerprint density at radius 3 is 1.27 bits per heavy atom. The molecular weight excluding hydrogens is 1460 g/mol. The van der Waals surface area contributed by atoms with Gasteiger partial charge in [-0.25, -0.2) is 9.78 Å². The smallest absolute Gasteiger partial charge is 0.327 e. The Morgan fingerprint density at radius 2 is 0.846 bits per heavy atom. The van der Waals surface area contributed by atoms with Crippen LogP contribution in [0.3, 0.4) is 0 Å². The zero-order valence-corrected chi connectivity index (χ0v) is 60.1. The predicted molar refractivity (Wildman–Crippen MR) is 376 cm³/mol. The fraction of sp³-hybridized carbons (Fsp3) is 0.649. The van der Waals surface area contributed by atoms with Crippen molar-refractivity contribution in [1.29, 1.82) is 0 Å². The number of thiol groups is 4. The number of nitrogens with zero attached hydrogens (tertiary/aromatic N) is 4. The molecule has 3 rings (SSSR count). The maximum absolute atomic E-state index is 14.4. The zero-order valence-electron chi connectivity index (χ0n) is 56.5. The minimum Gasteiger partial charge on any atom is -0.480 e. The number of aromatic amines is 1. The van der Waals surface area contributed by atoms with Crippen LogP contribution in [-0.2, 0) is 83.1 Å². The van der Waals surface area contributed by atoms with E-state index in [1.54, 1.807) is 0 Å². The summed E-state index contributed by atoms with van der Waals surface area (Å²) < 4.78 is 0. The van der Waals surface area contributed by atoms with E-state index in [4.69, 9.17) is 17.2 Å². The number of H-pyrrole nitrogens is 1. The summed E-state index contributed by atoms with van der Waals surface area (Å²) in [5.74, 6) is -18.0. The van der Waals surface area contributed by atoms with Crippen molar-refractivity contribution in [3.63, 3.8) is 0 Å². The van der Waals surface area contributed by atoms with Gasteiger partial charge in [-0.3, -0.25) is 76.9 Å². The van der Waals surface area contributed by atoms with E-state index in [1.807, 2.05) is 5.32 Å². The van der Waals surface area contributed by atoms with Crippen LogP contribution >= 0.6 is 50.5 Å². The van der Waals surface area contributed by atoms with Crippen LogP contribution in [0.25, 0.3) is 0 Å². The van der Waals surface area contributed by atoms with E-state index < -0.39 is 231 Å². The van der Waals surface area contributed by atoms with Gasteiger partial charge in [0.05, 0.1) is 45.9 Å². The molecule has 47 heteroatoms. The number of aliphatic hydroxyl groups is 5. The third-order valence-electron chi connectivity index (χ3n) is 15.9. The first kappa shape index (κ1) is 89.4. The highest BCUT2D eigenvalue weighted by Gasteiger charge is 2.43. The highest BCUT2D eigenvalue weighted by Crippen LogP contribution is 2.22. The molecule has 15 amide bonds. The van der Waals surface area contributed by atoms with Gasteiger partial charge in [-0.1, -0.05) is 0 Å². The number of carbonyl (C=O) groups excluding carboxylic acids is 15. The lowest BCUT2D eigenvalue weighted by molar-refractivity contribution is -0.143. The van der Waals surface area contributed by atoms with Crippen molar-refractivity contribution in [2.75, 3.05) is 82.2 Å². The summed E-state index contributed by atoms with van der Waals surface area (Å²) in [5.41, 5.74) is 16.5. The number of nitrogens with two attached hydrogens (primary N) is 3. The highest BCUT2D eigenvalue weighted by atomic mass is 32.1. The van der Waals surface area contributed by atoms with Crippen LogP contribution in [0, 0.1) is 0 Å². The van der Waals surface area contributed by atoms with Crippen molar-refractivity contribution in [2.24, 2.45) is 22.2 Å². The van der Waals surface area contributed by atoms with E-state index in [-0.39, 0.29) is 87.8 Å². The first-order valence-electron chi connectivity index (χ1n) is 32.3. The second kappa shape index (κ2) is 45.4. The maximum Gasteiger partial charge on any atom is 0.327 e. The largest absolute Gasteiger partial charge is 0.480 e. The van der Waals surface area contributed by atoms with E-state index in [0.29, 0.717) is 5.69 Å². The maximum atomic E-state index is 14.4. The molecule has 43 nitrogen and oxygen atoms in total. The number of amides is 15. The number of carboxylic acid groups (broad SMARTS) is 1. The van der Waals surface area contributed by atoms with E-state index >= 15 is 0 Å². The van der Waals surface area contributed by atoms with Gasteiger partial charge < -0.3 is 132 Å². The summed E-state index contributed by atoms with van der Waals surface area (Å²) in [4.78, 5) is 226. The number of rotatable bonds is 44. The quantitative estimate of drug-likeness (QED) is 0.0125. The molecule has 3 heterocycles. The number of aliphatic carboxylic acids is 1. The van der Waals surface area contributed by atoms with Gasteiger partial charge in [0.25, 0.3) is 0 Å². The van der Waals surface area contributed by atoms with Crippen molar-refractivity contribution in [3.8, 4) is 0 Å². The summed E-state index contributed by atoms with van der Waals surface area (Å²) in [6.45, 7) is -3.57. The molecule has 15 atom stereocenters. The molecule has 2 aliphatic heterocycles. The first-order valence-corrected chi connectivity index (χ1v) is 34.8. The van der Waals surface area contributed by atoms with Crippen LogP contribution < -0.4 is 86.3 Å². The van der Waals surface area contributed by atoms with Crippen molar-refractivity contribution >= 4 is 151 Å². The summed E-state index contributed by atoms with van der Waals surface area (Å²) in [6, 6.07) is -23.2. The third-order valence-corrected chi connectivity index (χ3v) is 17.3. The summed E-state index contributed by atoms with van der Waals surface area (Å²) in [7, 11) is 0. The van der Waals surface area contributed by atoms with Gasteiger partial charge in [0.1, 0.15) is 90.6 Å². The highest BCUT2D eigenvalue weighted by molar-refractivity contribution is 7.80. The molecule has 26 N–H and O–H groups in total. The number of aliphatic hydroxyl groups excluding tert-OH is 5. The van der Waals surface area contributed by atoms with Gasteiger partial charge in [-0.05, 0) is 52.4 Å². The molecule has 0 unspecified atom stereocenters. The molecule has 0 bridgehead atoms. The average molecular weight is 1550 g/mol. The van der Waals surface area contributed by atoms with Crippen LogP contribution in [0.2, 0.25) is 0 Å². The van der Waals surface area contributed by atoms with Crippen LogP contribution in [0.15, 0.2) is 17.5 Å². The van der Waals surface area contributed by atoms with Gasteiger partial charge in [0.2, 0.25) is 88.6 Å². The van der Waals surface area contributed by atoms with E-state index in [2.05, 4.69) is 129 Å². The number of nitrogens with one attached hydrogen (secondary N) is 14. The second-order valence-electron chi connectivity index (χ2n) is 23.5. The lowest BCUT2D eigenvalue weighted by Gasteiger charge is -2.30. The molecule has 0 aromatic carbocycles. The Morgan fingerprint density at radius 1 is 0.490 bits per heavy atom. The monoisotopic (exact) mass is 1550 g/mol. The molecule has 104 heavy (non-hydrogen) atoms. The molecule has 582 valence electrons. The van der Waals surface area contributed by atoms with Crippen LogP contribution in [0.5, 0.6) is 0 Å². The number of aliphatic imine (C=N–C) groups is 1. The Hall–Kier alpha value is -8.84. The number of hydrogen-bond acceptors (Lipinski definition) is 28. The molecule has 0 radical (unpaired) electrons. The van der Waals surface area contributed by atoms with Gasteiger partial charge in [-0.2, -0.15) is 50.5 Å². The van der Waals surface area contributed by atoms with Crippen molar-refractivity contribution in [2.45, 2.75) is 149 Å². The Kier molecular flexibility index (Phi) is 39.0. The van der Waals surface area contributed by atoms with E-state index in [1.165, 1.54) is 19.4 Å². The minimum atomic E-state index is -1.82. The topological polar surface area (TPSA) is 676 Å². The van der Waals surface area contributed by atoms with Crippen molar-refractivity contribution in [1.82, 2.24) is 88.9 Å². The van der Waals surface area contributed by atoms with Crippen molar-refractivity contribution < 1.29 is 107 Å². The number of carboxylic acids is 1. The Balaban J connectivity index is 1.67. The summed E-state index contributed by atoms with van der Waals surface area (Å²) in [5, 5.41) is 89.8. The average Bonchev–Trinajstić information content (AvgIpc) is 1.65. The predicted octanol–water partition coefficient (Wildman–Crippen LogP) is -13.9. The fourth-order valence-corrected chi connectivity index (χ4v) is 11.1. The Labute approximate surface area is 616 Å². The zero-order chi connectivity index (χ0) is 78.1. The SMILES string of the molecule is C[C@H](NC(=O)[C@H](CCCN=C(N)N)NC(=O)[C@H](CO)NC(=O)[C@@H]1CCCN1C(=O)[C@H](CO)NC(=O)[C@H](CS)NC(=O)[C@H](C)NC(=O)[C@@H]1CCCN1C(=O)[C@H](Cc1cnc[nH]1)NC(=O)[C@H](CO)NC(=O)[C@H](CS)NC(=O)[C@H](CS)NC(=O)CN)C(=O)N[C@@H](CO)C(=O)N[C@@H](CO)C(=O)N[C@@H](CS)C(=O)O. The minimum absolute atomic E-state index is 0.00301. The number of hydrogen-bond donors (Lipinski definition) is 27. The van der Waals surface area contributed by atoms with Crippen molar-refractivity contribution in [3.05, 3.63) is 18.2 Å². The van der Waals surface area contributed by atoms with Gasteiger partial charge in [-0.15, -0.1) is 0 Å². The van der Waals surface area contributed by atoms with E-state index in [0.717, 1.165) is 16.7 Å². The third kappa shape index (κ3) is 27.7. The number of imidazole rings is 1. The number of aromatic nitrogens is 2. The molecule has 2 aliphatic rings. The standard InChI is InChI=1S/C57H93N21O22S4/c1-25(42(85)69-30(15-79)47(90)70-32(17-81)48(91)76-38(23-104)56(99)100)64-44(87)28(6-3-9-62-57(59)60)67-45(88)33(18-82)72-53(96)40-8-5-11-78(40)55(98)34(19-83)73-51(94)36(21-102)74-43(86)26(2)65-52(95)39-7-4-10-77(39)54(97)29(12-27-14-61-24-63-27)68-46(89)31(16-80)71-50(93)37(22-103)75-49(92)35(20-101)66-41(84)13-58/h14,24-26,28-40,79-83,101-104H,3-13,15-23,58H2,1-2H3,(H,61,63)(H,64,87)(H,65,95)(H,66,84)(H,67,88)(H,68,89)(H,69,85)(H,70,90)(H,71,93)(H,72,96)(H,73,94)(H,74,86)(H,75,92)(H,76,91)(H,99,100)(H4,59,60,62)/t25-,26-,28-,29-,30-,31-,32-,33-,34-,35-,36-,37-,38-,39-,40-/m0/s1. The lowest BCUT2D eigenvalue weighted by atomic mass is 10.1. The molecule has 0 aliphatic carbocycles. The molecule has 2 fully saturated rings. The molecule has 0 spiro atoms. The molecular formula is C57H93N21O22S4. The number of likely N-dealkylation sites (tertiary alicyclic amines) is 2. The summed E-state index contributed by atoms with van der Waals surface area (Å²) >= 11 is 16.1. The van der Waals surface area contributed by atoms with E-state index in [9.17, 15) is 107 Å². The molecule has 0 saturated carbocycles. The first-order chi connectivity index (χ1) is 49.3. The van der Waals surface area contributed by atoms with Gasteiger partial charge in [0, 0.05) is 61.0 Å². The van der Waals surface area contributed by atoms with Gasteiger partial charge in [0.15, 0.2) is 5.96 Å². The lowest BCUT2D eigenvalue weighted by Crippen LogP contribution is -2.61. The normalized spacial score (nSPS) is 17.7. The number of guanidine groups is 1. The van der Waals surface area contributed by atoms with Crippen LogP contribution in [0.4, 0.5) is 0 Å². The molecule has 2 saturated heterocycles. The number of carbonyl (C=O) groups is 16. The second-order valence-corrected chi connectivity index (χ2v) is 24.9. The van der Waals surface area contributed by atoms with Gasteiger partial charge >= 0.3 is 5.97 Å². The fourth-order valence-electron chi connectivity index (χ4n) is 10.1. The molecule has 1 aromatic heterocycles. The molecule has 1 aromatic rings. The van der Waals surface area contributed by atoms with Crippen LogP contribution in [0.1, 0.15) is 58.1 Å². The Bertz CT molecular complexity index is 3200. The summed E-state index contributed by atoms with van der Waals surface area (Å²) in [6.07, 6.45) is 2.63. The van der Waals surface area contributed by atoms with Crippen LogP contribution in [-0.4, -0.2) is 324 Å².